The Balaban J connectivity index is 1.09. The molecule has 1 saturated heterocycles. The summed E-state index contributed by atoms with van der Waals surface area (Å²) in [6.45, 7) is 7.61. The highest BCUT2D eigenvalue weighted by Crippen LogP contribution is 2.39. The second-order valence-electron chi connectivity index (χ2n) is 13.6. The number of carbonyl (C=O) groups is 1. The number of aliphatic hydroxyl groups excluding tert-OH is 1. The van der Waals surface area contributed by atoms with E-state index < -0.39 is 6.79 Å². The van der Waals surface area contributed by atoms with Gasteiger partial charge in [-0.1, -0.05) is 56.6 Å². The summed E-state index contributed by atoms with van der Waals surface area (Å²) in [6, 6.07) is 18.4. The third-order valence-corrected chi connectivity index (χ3v) is 9.43. The van der Waals surface area contributed by atoms with Gasteiger partial charge in [0, 0.05) is 30.6 Å². The van der Waals surface area contributed by atoms with E-state index in [1.807, 2.05) is 47.0 Å². The summed E-state index contributed by atoms with van der Waals surface area (Å²) in [6.07, 6.45) is 6.76. The molecule has 0 spiro atoms. The summed E-state index contributed by atoms with van der Waals surface area (Å²) in [5.41, 5.74) is 3.98. The molecule has 4 heterocycles. The van der Waals surface area contributed by atoms with Gasteiger partial charge >= 0.3 is 6.03 Å². The van der Waals surface area contributed by atoms with E-state index in [1.165, 1.54) is 6.42 Å². The third-order valence-electron chi connectivity index (χ3n) is 9.11. The zero-order valence-electron chi connectivity index (χ0n) is 27.9. The highest BCUT2D eigenvalue weighted by atomic mass is 35.5. The molecule has 13 heteroatoms. The van der Waals surface area contributed by atoms with Crippen LogP contribution in [0.15, 0.2) is 66.9 Å². The number of carbonyl (C=O) groups excluding carboxylic acids is 1. The van der Waals surface area contributed by atoms with E-state index in [2.05, 4.69) is 52.6 Å². The zero-order chi connectivity index (χ0) is 34.1. The fourth-order valence-corrected chi connectivity index (χ4v) is 6.75. The quantitative estimate of drug-likeness (QED) is 0.150. The number of rotatable bonds is 8. The summed E-state index contributed by atoms with van der Waals surface area (Å²) in [4.78, 5) is 15.9. The van der Waals surface area contributed by atoms with Gasteiger partial charge in [0.25, 0.3) is 0 Å². The van der Waals surface area contributed by atoms with Crippen molar-refractivity contribution in [3.05, 3.63) is 88.7 Å². The van der Waals surface area contributed by atoms with Crippen LogP contribution in [-0.2, 0) is 5.41 Å². The van der Waals surface area contributed by atoms with Crippen LogP contribution in [0.1, 0.15) is 81.8 Å². The van der Waals surface area contributed by atoms with E-state index in [9.17, 15) is 9.90 Å². The van der Waals surface area contributed by atoms with Crippen LogP contribution in [0.5, 0.6) is 11.5 Å². The zero-order valence-corrected chi connectivity index (χ0v) is 28.7. The number of aliphatic hydroxyl groups is 1. The van der Waals surface area contributed by atoms with Gasteiger partial charge in [0.1, 0.15) is 23.4 Å². The van der Waals surface area contributed by atoms with E-state index in [4.69, 9.17) is 26.2 Å². The Morgan fingerprint density at radius 2 is 1.80 bits per heavy atom. The van der Waals surface area contributed by atoms with Crippen LogP contribution in [-0.4, -0.2) is 55.4 Å². The maximum atomic E-state index is 13.6. The number of anilines is 2. The number of halogens is 1. The van der Waals surface area contributed by atoms with Crippen LogP contribution in [0.25, 0.3) is 11.3 Å². The van der Waals surface area contributed by atoms with E-state index in [1.54, 1.807) is 22.9 Å². The fourth-order valence-electron chi connectivity index (χ4n) is 6.57. The molecule has 3 aromatic heterocycles. The van der Waals surface area contributed by atoms with Gasteiger partial charge in [0.05, 0.1) is 28.6 Å². The lowest BCUT2D eigenvalue weighted by Gasteiger charge is -2.32. The predicted octanol–water partition coefficient (Wildman–Crippen LogP) is 6.96. The summed E-state index contributed by atoms with van der Waals surface area (Å²) >= 11 is 6.26. The summed E-state index contributed by atoms with van der Waals surface area (Å²) in [7, 11) is 0. The largest absolute Gasteiger partial charge is 0.484 e. The first-order valence-corrected chi connectivity index (χ1v) is 17.1. The van der Waals surface area contributed by atoms with Crippen molar-refractivity contribution in [3.63, 3.8) is 0 Å². The number of nitrogens with one attached hydrogen (secondary N) is 2. The third kappa shape index (κ3) is 6.88. The second kappa shape index (κ2) is 13.6. The molecule has 2 aromatic carbocycles. The van der Waals surface area contributed by atoms with Gasteiger partial charge in [0.2, 0.25) is 5.95 Å². The Labute approximate surface area is 290 Å². The molecule has 0 saturated carbocycles. The summed E-state index contributed by atoms with van der Waals surface area (Å²) in [5.74, 6) is 2.39. The molecule has 5 aromatic rings. The number of aromatic nitrogens is 5. The number of piperidine rings is 1. The van der Waals surface area contributed by atoms with Crippen molar-refractivity contribution in [1.82, 2.24) is 29.7 Å². The molecule has 2 aliphatic rings. The molecular formula is C36H41ClN8O4. The van der Waals surface area contributed by atoms with Gasteiger partial charge in [-0.25, -0.2) is 9.48 Å². The Hall–Kier alpha value is -4.81. The molecule has 256 valence electrons. The van der Waals surface area contributed by atoms with Gasteiger partial charge in [0.15, 0.2) is 12.4 Å². The van der Waals surface area contributed by atoms with Crippen molar-refractivity contribution >= 4 is 35.0 Å². The Kier molecular flexibility index (Phi) is 9.08. The van der Waals surface area contributed by atoms with Gasteiger partial charge in [-0.15, -0.1) is 10.2 Å². The first kappa shape index (κ1) is 32.7. The molecule has 2 amide bonds. The molecule has 1 aliphatic heterocycles. The minimum atomic E-state index is -0.519. The van der Waals surface area contributed by atoms with E-state index in [0.29, 0.717) is 35.1 Å². The summed E-state index contributed by atoms with van der Waals surface area (Å²) < 4.78 is 15.6. The lowest BCUT2D eigenvalue weighted by molar-refractivity contribution is 0.0986. The molecule has 0 unspecified atom stereocenters. The number of hydrogen-bond donors (Lipinski definition) is 3. The van der Waals surface area contributed by atoms with E-state index in [0.717, 1.165) is 60.1 Å². The summed E-state index contributed by atoms with van der Waals surface area (Å²) in [5, 5.41) is 29.5. The molecule has 1 aliphatic carbocycles. The van der Waals surface area contributed by atoms with E-state index in [-0.39, 0.29) is 23.6 Å². The van der Waals surface area contributed by atoms with Crippen LogP contribution in [0.4, 0.5) is 16.6 Å². The van der Waals surface area contributed by atoms with Gasteiger partial charge in [-0.05, 0) is 67.5 Å². The van der Waals surface area contributed by atoms with Crippen molar-refractivity contribution in [2.45, 2.75) is 70.4 Å². The minimum Gasteiger partial charge on any atom is -0.484 e. The average Bonchev–Trinajstić information content (AvgIpc) is 3.72. The lowest BCUT2D eigenvalue weighted by Crippen LogP contribution is -2.36. The molecular weight excluding hydrogens is 644 g/mol. The molecule has 1 fully saturated rings. The van der Waals surface area contributed by atoms with E-state index >= 15 is 0 Å². The number of pyridine rings is 1. The number of amides is 2. The number of urea groups is 1. The van der Waals surface area contributed by atoms with Gasteiger partial charge in [-0.2, -0.15) is 5.10 Å². The normalized spacial score (nSPS) is 17.9. The monoisotopic (exact) mass is 684 g/mol. The van der Waals surface area contributed by atoms with Crippen LogP contribution < -0.4 is 25.0 Å². The van der Waals surface area contributed by atoms with Crippen molar-refractivity contribution < 1.29 is 19.4 Å². The molecule has 0 radical (unpaired) electrons. The highest BCUT2D eigenvalue weighted by Gasteiger charge is 2.30. The predicted molar refractivity (Wildman–Crippen MR) is 188 cm³/mol. The number of ether oxygens (including phenoxy) is 2. The number of nitrogens with zero attached hydrogens (tertiary/aromatic N) is 6. The lowest BCUT2D eigenvalue weighted by atomic mass is 9.85. The molecule has 12 nitrogen and oxygen atoms in total. The van der Waals surface area contributed by atoms with Crippen LogP contribution >= 0.6 is 11.6 Å². The maximum Gasteiger partial charge on any atom is 0.320 e. The average molecular weight is 685 g/mol. The number of benzene rings is 2. The Bertz CT molecular complexity index is 1960. The molecule has 2 atom stereocenters. The van der Waals surface area contributed by atoms with Crippen LogP contribution in [0.3, 0.4) is 0 Å². The second-order valence-corrected chi connectivity index (χ2v) is 14.0. The maximum absolute atomic E-state index is 13.6. The topological polar surface area (TPSA) is 131 Å². The van der Waals surface area contributed by atoms with Crippen molar-refractivity contribution in [2.24, 2.45) is 0 Å². The molecule has 0 bridgehead atoms. The van der Waals surface area contributed by atoms with Gasteiger partial charge in [-0.3, -0.25) is 9.72 Å². The number of hydrogen-bond acceptors (Lipinski definition) is 8. The van der Waals surface area contributed by atoms with Crippen LogP contribution in [0.2, 0.25) is 5.02 Å². The van der Waals surface area contributed by atoms with Crippen molar-refractivity contribution in [1.29, 1.82) is 0 Å². The number of fused-ring (bicyclic) bond motifs is 2. The van der Waals surface area contributed by atoms with Crippen LogP contribution in [0, 0.1) is 0 Å². The first-order valence-electron chi connectivity index (χ1n) is 16.7. The Morgan fingerprint density at radius 1 is 1.00 bits per heavy atom. The first-order chi connectivity index (χ1) is 23.7. The molecule has 7 rings (SSSR count). The minimum absolute atomic E-state index is 0.180. The molecule has 3 N–H and O–H groups in total. The Morgan fingerprint density at radius 3 is 2.57 bits per heavy atom. The standard InChI is InChI=1S/C36H41ClN8O4/c1-36(2,3)31-20-33(45(42-31)23-11-13-27(37)30(19-23)48-22-46)39-34(47)38-28-14-15-29(26-10-6-5-9-25(26)28)49-24-12-16-32-40-41-35(44(32)21-24)43-17-7-4-8-18-43/h5-6,9-13,16,19-21,28-29,46H,4,7-8,14-15,17-18,22H2,1-3H3,(H2,38,39,47)/t28-,29+/m0/s1. The van der Waals surface area contributed by atoms with Crippen molar-refractivity contribution in [2.75, 3.05) is 30.1 Å². The van der Waals surface area contributed by atoms with Crippen molar-refractivity contribution in [3.8, 4) is 17.2 Å². The molecule has 49 heavy (non-hydrogen) atoms. The highest BCUT2D eigenvalue weighted by molar-refractivity contribution is 6.32. The fraction of sp³-hybridized carbons (Fsp3) is 0.389. The smallest absolute Gasteiger partial charge is 0.320 e. The SMILES string of the molecule is CC(C)(C)c1cc(NC(=O)N[C@H]2CC[C@@H](Oc3ccc4nnc(N5CCCCC5)n4c3)c3ccccc32)n(-c2ccc(Cl)c(OCO)c2)n1. The van der Waals surface area contributed by atoms with Gasteiger partial charge < -0.3 is 24.8 Å².